The Bertz CT molecular complexity index is 1280. The molecule has 2 aliphatic carbocycles. The molecule has 3 aliphatic rings. The molecule has 0 radical (unpaired) electrons. The van der Waals surface area contributed by atoms with E-state index in [9.17, 15) is 24.0 Å². The van der Waals surface area contributed by atoms with Gasteiger partial charge in [-0.25, -0.2) is 4.79 Å². The van der Waals surface area contributed by atoms with Crippen LogP contribution in [0.2, 0.25) is 0 Å². The number of likely N-dealkylation sites (tertiary alicyclic amines) is 1. The van der Waals surface area contributed by atoms with Crippen molar-refractivity contribution in [3.63, 3.8) is 0 Å². The summed E-state index contributed by atoms with van der Waals surface area (Å²) in [5.41, 5.74) is 5.42. The highest BCUT2D eigenvalue weighted by Gasteiger charge is 2.47. The van der Waals surface area contributed by atoms with Gasteiger partial charge in [0.05, 0.1) is 6.04 Å². The lowest BCUT2D eigenvalue weighted by molar-refractivity contribution is -0.143. The van der Waals surface area contributed by atoms with Crippen LogP contribution >= 0.6 is 0 Å². The lowest BCUT2D eigenvalue weighted by Gasteiger charge is -2.45. The van der Waals surface area contributed by atoms with Crippen molar-refractivity contribution in [3.05, 3.63) is 35.9 Å². The Hall–Kier alpha value is -3.43. The van der Waals surface area contributed by atoms with Gasteiger partial charge in [-0.15, -0.1) is 0 Å². The number of hydrogen-bond acceptors (Lipinski definition) is 5. The van der Waals surface area contributed by atoms with E-state index >= 15 is 0 Å². The molecule has 0 bridgehead atoms. The normalized spacial score (nSPS) is 23.0. The Morgan fingerprint density at radius 1 is 0.979 bits per heavy atom. The average Bonchev–Trinajstić information content (AvgIpc) is 3.72. The van der Waals surface area contributed by atoms with Crippen molar-refractivity contribution in [3.8, 4) is 0 Å². The van der Waals surface area contributed by atoms with Crippen molar-refractivity contribution in [2.75, 3.05) is 6.54 Å². The number of Topliss-reactive ketones (excluding diaryl/α,β-unsaturated/α-hetero) is 1. The van der Waals surface area contributed by atoms with Crippen LogP contribution in [0.25, 0.3) is 0 Å². The lowest BCUT2D eigenvalue weighted by atomic mass is 9.69. The highest BCUT2D eigenvalue weighted by Crippen LogP contribution is 2.42. The summed E-state index contributed by atoms with van der Waals surface area (Å²) >= 11 is 0. The van der Waals surface area contributed by atoms with E-state index < -0.39 is 46.7 Å². The maximum Gasteiger partial charge on any atom is 0.315 e. The van der Waals surface area contributed by atoms with Crippen molar-refractivity contribution >= 4 is 29.5 Å². The smallest absolute Gasteiger partial charge is 0.315 e. The summed E-state index contributed by atoms with van der Waals surface area (Å²) in [5, 5.41) is 9.23. The minimum absolute atomic E-state index is 0.0551. The van der Waals surface area contributed by atoms with E-state index in [4.69, 9.17) is 5.73 Å². The fraction of sp³-hybridized carbons (Fsp3) is 0.703. The fourth-order valence-corrected chi connectivity index (χ4v) is 7.78. The molecular weight excluding hydrogens is 594 g/mol. The molecule has 260 valence electrons. The standard InChI is InChI=1S/C37H57N5O5/c1-7-27(25-14-10-8-11-15-25)37(18-12-9-13-19-37)41-35(47)40-31(36(4,5)6)34(46)42-22-26(23(2)3)21-29(42)33(45)39-28(20-24-16-17-24)30(43)32(38)44/h8,10-11,14-15,23-24,26-29,31H,7,9,12-13,16-22H2,1-6H3,(H2,38,44)(H,39,45)(H2,40,41,47)/t26-,27?,28?,29+,31-/m1/s1. The summed E-state index contributed by atoms with van der Waals surface area (Å²) in [6.45, 7) is 12.4. The van der Waals surface area contributed by atoms with Gasteiger partial charge in [0.2, 0.25) is 17.6 Å². The van der Waals surface area contributed by atoms with Crippen LogP contribution in [0, 0.1) is 23.2 Å². The zero-order valence-electron chi connectivity index (χ0n) is 29.3. The lowest BCUT2D eigenvalue weighted by Crippen LogP contribution is -2.63. The molecule has 4 rings (SSSR count). The van der Waals surface area contributed by atoms with Crippen LogP contribution in [-0.2, 0) is 19.2 Å². The third-order valence-electron chi connectivity index (χ3n) is 10.8. The number of ketones is 1. The maximum absolute atomic E-state index is 14.5. The SMILES string of the molecule is CCC(c1ccccc1)C1(NC(=O)N[C@H](C(=O)N2C[C@H](C(C)C)C[C@H]2C(=O)NC(CC2CC2)C(=O)C(N)=O)C(C)(C)C)CCCCC1. The second-order valence-corrected chi connectivity index (χ2v) is 15.7. The predicted octanol–water partition coefficient (Wildman–Crippen LogP) is 4.81. The van der Waals surface area contributed by atoms with E-state index in [2.05, 4.69) is 48.9 Å². The molecule has 1 heterocycles. The molecule has 1 aromatic rings. The second-order valence-electron chi connectivity index (χ2n) is 15.7. The molecule has 1 aliphatic heterocycles. The van der Waals surface area contributed by atoms with Crippen LogP contribution in [0.3, 0.4) is 0 Å². The highest BCUT2D eigenvalue weighted by atomic mass is 16.2. The molecule has 5 N–H and O–H groups in total. The van der Waals surface area contributed by atoms with E-state index in [1.54, 1.807) is 4.90 Å². The van der Waals surface area contributed by atoms with Gasteiger partial charge in [0.25, 0.3) is 5.91 Å². The summed E-state index contributed by atoms with van der Waals surface area (Å²) in [4.78, 5) is 68.2. The molecule has 3 fully saturated rings. The third kappa shape index (κ3) is 8.93. The van der Waals surface area contributed by atoms with Gasteiger partial charge in [-0.3, -0.25) is 19.2 Å². The first-order valence-corrected chi connectivity index (χ1v) is 17.7. The summed E-state index contributed by atoms with van der Waals surface area (Å²) in [6, 6.07) is 7.20. The van der Waals surface area contributed by atoms with Crippen LogP contribution in [0.15, 0.2) is 30.3 Å². The van der Waals surface area contributed by atoms with E-state index in [-0.39, 0.29) is 35.6 Å². The average molecular weight is 652 g/mol. The van der Waals surface area contributed by atoms with Crippen molar-refractivity contribution in [2.24, 2.45) is 28.9 Å². The van der Waals surface area contributed by atoms with Crippen molar-refractivity contribution in [1.82, 2.24) is 20.9 Å². The molecule has 5 amide bonds. The van der Waals surface area contributed by atoms with Gasteiger partial charge in [0, 0.05) is 18.0 Å². The summed E-state index contributed by atoms with van der Waals surface area (Å²) in [6.07, 6.45) is 8.42. The molecule has 47 heavy (non-hydrogen) atoms. The van der Waals surface area contributed by atoms with E-state index in [0.717, 1.165) is 51.4 Å². The van der Waals surface area contributed by atoms with Crippen molar-refractivity contribution < 1.29 is 24.0 Å². The first-order valence-electron chi connectivity index (χ1n) is 17.7. The number of nitrogens with one attached hydrogen (secondary N) is 3. The summed E-state index contributed by atoms with van der Waals surface area (Å²) in [7, 11) is 0. The van der Waals surface area contributed by atoms with Gasteiger partial charge in [0.15, 0.2) is 0 Å². The van der Waals surface area contributed by atoms with Crippen LogP contribution in [0.1, 0.15) is 117 Å². The first kappa shape index (κ1) is 36.4. The van der Waals surface area contributed by atoms with E-state index in [0.29, 0.717) is 19.4 Å². The number of benzene rings is 1. The van der Waals surface area contributed by atoms with Gasteiger partial charge in [-0.05, 0) is 60.8 Å². The van der Waals surface area contributed by atoms with Crippen LogP contribution in [0.4, 0.5) is 4.79 Å². The molecule has 10 nitrogen and oxygen atoms in total. The van der Waals surface area contributed by atoms with Gasteiger partial charge < -0.3 is 26.6 Å². The number of nitrogens with zero attached hydrogens (tertiary/aromatic N) is 1. The number of nitrogens with two attached hydrogens (primary N) is 1. The molecule has 2 unspecified atom stereocenters. The van der Waals surface area contributed by atoms with Crippen LogP contribution in [-0.4, -0.2) is 64.6 Å². The van der Waals surface area contributed by atoms with Crippen molar-refractivity contribution in [1.29, 1.82) is 0 Å². The van der Waals surface area contributed by atoms with Gasteiger partial charge in [-0.2, -0.15) is 0 Å². The quantitative estimate of drug-likeness (QED) is 0.226. The topological polar surface area (TPSA) is 151 Å². The van der Waals surface area contributed by atoms with Gasteiger partial charge >= 0.3 is 6.03 Å². The van der Waals surface area contributed by atoms with Gasteiger partial charge in [-0.1, -0.05) is 104 Å². The molecule has 1 saturated heterocycles. The number of carbonyl (C=O) groups excluding carboxylic acids is 5. The minimum Gasteiger partial charge on any atom is -0.363 e. The van der Waals surface area contributed by atoms with Crippen LogP contribution < -0.4 is 21.7 Å². The van der Waals surface area contributed by atoms with Crippen molar-refractivity contribution in [2.45, 2.75) is 135 Å². The molecule has 5 atom stereocenters. The Morgan fingerprint density at radius 2 is 1.62 bits per heavy atom. The molecule has 1 aromatic carbocycles. The zero-order valence-corrected chi connectivity index (χ0v) is 29.3. The first-order chi connectivity index (χ1) is 22.2. The van der Waals surface area contributed by atoms with Gasteiger partial charge in [0.1, 0.15) is 12.1 Å². The molecule has 2 saturated carbocycles. The number of primary amides is 1. The Morgan fingerprint density at radius 3 is 2.15 bits per heavy atom. The fourth-order valence-electron chi connectivity index (χ4n) is 7.78. The molecular formula is C37H57N5O5. The zero-order chi connectivity index (χ0) is 34.5. The molecule has 0 aromatic heterocycles. The van der Waals surface area contributed by atoms with Crippen LogP contribution in [0.5, 0.6) is 0 Å². The number of amides is 5. The second kappa shape index (κ2) is 15.2. The maximum atomic E-state index is 14.5. The monoisotopic (exact) mass is 651 g/mol. The minimum atomic E-state index is -1.08. The Kier molecular flexibility index (Phi) is 11.8. The summed E-state index contributed by atoms with van der Waals surface area (Å²) in [5.74, 6) is -2.03. The molecule has 10 heteroatoms. The Labute approximate surface area is 280 Å². The molecule has 0 spiro atoms. The largest absolute Gasteiger partial charge is 0.363 e. The highest BCUT2D eigenvalue weighted by molar-refractivity contribution is 6.37. The number of urea groups is 1. The predicted molar refractivity (Wildman–Crippen MR) is 182 cm³/mol. The summed E-state index contributed by atoms with van der Waals surface area (Å²) < 4.78 is 0. The Balaban J connectivity index is 1.56. The third-order valence-corrected chi connectivity index (χ3v) is 10.8. The van der Waals surface area contributed by atoms with E-state index in [1.807, 2.05) is 39.0 Å². The van der Waals surface area contributed by atoms with E-state index in [1.165, 1.54) is 5.56 Å². The number of rotatable bonds is 13. The number of hydrogen-bond donors (Lipinski definition) is 4. The number of carbonyl (C=O) groups is 5.